The van der Waals surface area contributed by atoms with Crippen molar-refractivity contribution in [3.63, 3.8) is 0 Å². The molecule has 0 heterocycles. The van der Waals surface area contributed by atoms with Gasteiger partial charge in [0.1, 0.15) is 11.6 Å². The number of rotatable bonds is 3. The molecule has 0 aromatic heterocycles. The van der Waals surface area contributed by atoms with Gasteiger partial charge in [-0.2, -0.15) is 5.26 Å². The van der Waals surface area contributed by atoms with Crippen LogP contribution in [0.15, 0.2) is 15.7 Å². The van der Waals surface area contributed by atoms with Gasteiger partial charge in [-0.3, -0.25) is 4.79 Å². The molecule has 0 bridgehead atoms. The number of nitriles is 1. The highest BCUT2D eigenvalue weighted by atomic mass is 35.5. The number of carbonyl (C=O) groups is 1. The molecule has 0 saturated carbocycles. The predicted molar refractivity (Wildman–Crippen MR) is 46.7 cm³/mol. The molecule has 64 valence electrons. The molecule has 0 N–H and O–H groups in total. The molecule has 0 atom stereocenters. The van der Waals surface area contributed by atoms with E-state index in [1.54, 1.807) is 25.1 Å². The number of aliphatic imine (C=N–C) groups is 1. The molecular weight excluding hydrogens is 178 g/mol. The van der Waals surface area contributed by atoms with Crippen molar-refractivity contribution in [2.75, 3.05) is 14.1 Å². The number of hydrogen-bond acceptors (Lipinski definition) is 3. The predicted octanol–water partition coefficient (Wildman–Crippen LogP) is 0.749. The summed E-state index contributed by atoms with van der Waals surface area (Å²) in [5.74, 6) is 0. The summed E-state index contributed by atoms with van der Waals surface area (Å²) in [7, 11) is 3.50. The summed E-state index contributed by atoms with van der Waals surface area (Å²) in [6.45, 7) is 0. The second-order valence-corrected chi connectivity index (χ2v) is 2.50. The molecule has 0 aromatic rings. The average Bonchev–Trinajstić information content (AvgIpc) is 2.03. The van der Waals surface area contributed by atoms with E-state index >= 15 is 0 Å². The first-order chi connectivity index (χ1) is 5.61. The number of carbonyl (C=O) groups excluding carboxylic acids is 1. The summed E-state index contributed by atoms with van der Waals surface area (Å²) in [6, 6.07) is 1.62. The number of aldehydes is 1. The lowest BCUT2D eigenvalue weighted by Gasteiger charge is -2.00. The van der Waals surface area contributed by atoms with Crippen LogP contribution in [-0.4, -0.2) is 31.6 Å². The Morgan fingerprint density at radius 1 is 1.67 bits per heavy atom. The molecule has 0 rings (SSSR count). The third kappa shape index (κ3) is 3.74. The summed E-state index contributed by atoms with van der Waals surface area (Å²) in [6.07, 6.45) is 1.78. The van der Waals surface area contributed by atoms with E-state index in [4.69, 9.17) is 16.9 Å². The Balaban J connectivity index is 4.57. The van der Waals surface area contributed by atoms with Crippen LogP contribution < -0.4 is 0 Å². The van der Waals surface area contributed by atoms with Crippen molar-refractivity contribution in [1.82, 2.24) is 4.90 Å². The average molecular weight is 186 g/mol. The first-order valence-electron chi connectivity index (χ1n) is 3.07. The van der Waals surface area contributed by atoms with Gasteiger partial charge in [0, 0.05) is 14.1 Å². The first kappa shape index (κ1) is 10.7. The fraction of sp³-hybridized carbons (Fsp3) is 0.286. The van der Waals surface area contributed by atoms with Gasteiger partial charge in [0.2, 0.25) is 0 Å². The van der Waals surface area contributed by atoms with Crippen molar-refractivity contribution in [3.05, 3.63) is 10.7 Å². The van der Waals surface area contributed by atoms with Gasteiger partial charge in [-0.05, 0) is 0 Å². The molecule has 0 aliphatic rings. The van der Waals surface area contributed by atoms with Gasteiger partial charge in [-0.15, -0.1) is 0 Å². The largest absolute Gasteiger partial charge is 0.369 e. The second kappa shape index (κ2) is 5.33. The lowest BCUT2D eigenvalue weighted by atomic mass is 10.4. The van der Waals surface area contributed by atoms with Crippen LogP contribution in [0.4, 0.5) is 0 Å². The Morgan fingerprint density at radius 3 is 2.58 bits per heavy atom. The maximum absolute atomic E-state index is 10.2. The summed E-state index contributed by atoms with van der Waals surface area (Å²) < 4.78 is 0. The Labute approximate surface area is 75.8 Å². The number of halogens is 1. The van der Waals surface area contributed by atoms with Crippen LogP contribution in [0.3, 0.4) is 0 Å². The van der Waals surface area contributed by atoms with Gasteiger partial charge >= 0.3 is 0 Å². The zero-order valence-electron chi connectivity index (χ0n) is 6.78. The Morgan fingerprint density at radius 2 is 2.25 bits per heavy atom. The normalized spacial score (nSPS) is 12.2. The van der Waals surface area contributed by atoms with Crippen LogP contribution in [0, 0.1) is 11.3 Å². The lowest BCUT2D eigenvalue weighted by Crippen LogP contribution is -2.07. The van der Waals surface area contributed by atoms with Crippen molar-refractivity contribution in [2.24, 2.45) is 4.99 Å². The van der Waals surface area contributed by atoms with Crippen LogP contribution in [0.25, 0.3) is 0 Å². The van der Waals surface area contributed by atoms with Gasteiger partial charge in [0.05, 0.1) is 6.34 Å². The highest BCUT2D eigenvalue weighted by Crippen LogP contribution is 2.07. The molecule has 0 fully saturated rings. The van der Waals surface area contributed by atoms with Gasteiger partial charge in [0.15, 0.2) is 11.4 Å². The topological polar surface area (TPSA) is 56.5 Å². The summed E-state index contributed by atoms with van der Waals surface area (Å²) >= 11 is 5.49. The molecule has 0 aliphatic heterocycles. The third-order valence-electron chi connectivity index (χ3n) is 0.863. The van der Waals surface area contributed by atoms with Gasteiger partial charge in [0.25, 0.3) is 0 Å². The molecule has 0 unspecified atom stereocenters. The SMILES string of the molecule is CN(C)/C=N/C(Cl)=C(\C#N)C=O. The molecule has 5 heteroatoms. The number of nitrogens with zero attached hydrogens (tertiary/aromatic N) is 3. The van der Waals surface area contributed by atoms with E-state index in [1.807, 2.05) is 0 Å². The van der Waals surface area contributed by atoms with E-state index in [-0.39, 0.29) is 10.7 Å². The van der Waals surface area contributed by atoms with Crippen molar-refractivity contribution < 1.29 is 4.79 Å². The molecule has 0 aliphatic carbocycles. The zero-order chi connectivity index (χ0) is 9.56. The van der Waals surface area contributed by atoms with Crippen LogP contribution in [0.2, 0.25) is 0 Å². The van der Waals surface area contributed by atoms with Crippen molar-refractivity contribution in [3.8, 4) is 6.07 Å². The molecular formula is C7H8ClN3O. The van der Waals surface area contributed by atoms with Gasteiger partial charge < -0.3 is 4.90 Å². The van der Waals surface area contributed by atoms with E-state index < -0.39 is 0 Å². The second-order valence-electron chi connectivity index (χ2n) is 2.14. The molecule has 0 amide bonds. The highest BCUT2D eigenvalue weighted by Gasteiger charge is 1.99. The van der Waals surface area contributed by atoms with E-state index in [0.717, 1.165) is 0 Å². The Kier molecular flexibility index (Phi) is 4.73. The Hall–Kier alpha value is -1.34. The summed E-state index contributed by atoms with van der Waals surface area (Å²) in [5.41, 5.74) is -0.172. The molecule has 0 radical (unpaired) electrons. The van der Waals surface area contributed by atoms with Gasteiger partial charge in [-0.25, -0.2) is 4.99 Å². The zero-order valence-corrected chi connectivity index (χ0v) is 7.54. The lowest BCUT2D eigenvalue weighted by molar-refractivity contribution is -0.104. The monoisotopic (exact) mass is 185 g/mol. The van der Waals surface area contributed by atoms with Crippen LogP contribution >= 0.6 is 11.6 Å². The smallest absolute Gasteiger partial charge is 0.163 e. The minimum Gasteiger partial charge on any atom is -0.369 e. The number of allylic oxidation sites excluding steroid dienone is 1. The molecule has 4 nitrogen and oxygen atoms in total. The van der Waals surface area contributed by atoms with E-state index in [0.29, 0.717) is 6.29 Å². The van der Waals surface area contributed by atoms with E-state index in [2.05, 4.69) is 4.99 Å². The van der Waals surface area contributed by atoms with Crippen molar-refractivity contribution >= 4 is 24.2 Å². The number of hydrogen-bond donors (Lipinski definition) is 0. The highest BCUT2D eigenvalue weighted by molar-refractivity contribution is 6.31. The Bertz CT molecular complexity index is 262. The maximum Gasteiger partial charge on any atom is 0.163 e. The fourth-order valence-electron chi connectivity index (χ4n) is 0.357. The minimum atomic E-state index is -0.172. The third-order valence-corrected chi connectivity index (χ3v) is 1.16. The molecule has 0 aromatic carbocycles. The molecule has 12 heavy (non-hydrogen) atoms. The summed E-state index contributed by atoms with van der Waals surface area (Å²) in [5, 5.41) is 8.25. The molecule has 0 saturated heterocycles. The maximum atomic E-state index is 10.2. The first-order valence-corrected chi connectivity index (χ1v) is 3.45. The van der Waals surface area contributed by atoms with Crippen LogP contribution in [-0.2, 0) is 4.79 Å². The van der Waals surface area contributed by atoms with Crippen molar-refractivity contribution in [2.45, 2.75) is 0 Å². The minimum absolute atomic E-state index is 0.0961. The summed E-state index contributed by atoms with van der Waals surface area (Å²) in [4.78, 5) is 15.5. The van der Waals surface area contributed by atoms with Crippen molar-refractivity contribution in [1.29, 1.82) is 5.26 Å². The van der Waals surface area contributed by atoms with Crippen LogP contribution in [0.1, 0.15) is 0 Å². The molecule has 0 spiro atoms. The fourth-order valence-corrected chi connectivity index (χ4v) is 0.487. The van der Waals surface area contributed by atoms with E-state index in [9.17, 15) is 4.79 Å². The van der Waals surface area contributed by atoms with E-state index in [1.165, 1.54) is 6.34 Å². The quantitative estimate of drug-likeness (QED) is 0.163. The van der Waals surface area contributed by atoms with Gasteiger partial charge in [-0.1, -0.05) is 11.6 Å². The standard InChI is InChI=1S/C7H8ClN3O/c1-11(2)5-10-7(8)6(3-9)4-12/h4-5H,1-2H3/b7-6+,10-5+. The van der Waals surface area contributed by atoms with Crippen LogP contribution in [0.5, 0.6) is 0 Å².